The molecule has 6 nitrogen and oxygen atoms in total. The van der Waals surface area contributed by atoms with E-state index in [9.17, 15) is 41.5 Å². The molecule has 3 aliphatic carbocycles. The third-order valence-electron chi connectivity index (χ3n) is 7.33. The Morgan fingerprint density at radius 3 is 2.45 bits per heavy atom. The number of hydrogen-bond donors (Lipinski definition) is 2. The summed E-state index contributed by atoms with van der Waals surface area (Å²) in [5.41, 5.74) is -3.60. The highest BCUT2D eigenvalue weighted by Crippen LogP contribution is 2.84. The lowest BCUT2D eigenvalue weighted by molar-refractivity contribution is -0.141. The third-order valence-corrected chi connectivity index (χ3v) is 7.33. The van der Waals surface area contributed by atoms with Gasteiger partial charge in [-0.3, -0.25) is 9.48 Å². The molecule has 3 aliphatic rings. The average Bonchev–Trinajstić information content (AvgIpc) is 2.91. The number of amides is 1. The number of carbonyl (C=O) groups is 1. The van der Waals surface area contributed by atoms with Gasteiger partial charge in [-0.1, -0.05) is 0 Å². The fraction of sp³-hybridized carbons (Fsp3) is 0.476. The van der Waals surface area contributed by atoms with Crippen molar-refractivity contribution in [3.8, 4) is 6.07 Å². The van der Waals surface area contributed by atoms with Gasteiger partial charge in [0.2, 0.25) is 5.91 Å². The number of rotatable bonds is 3. The Hall–Kier alpha value is -3.07. The van der Waals surface area contributed by atoms with Crippen LogP contribution in [-0.2, 0) is 29.6 Å². The van der Waals surface area contributed by atoms with Crippen LogP contribution < -0.4 is 5.32 Å². The van der Waals surface area contributed by atoms with Gasteiger partial charge in [0.1, 0.15) is 6.07 Å². The fourth-order valence-electron chi connectivity index (χ4n) is 6.26. The smallest absolute Gasteiger partial charge is 0.393 e. The number of nitriles is 1. The Morgan fingerprint density at radius 2 is 1.91 bits per heavy atom. The van der Waals surface area contributed by atoms with E-state index in [4.69, 9.17) is 0 Å². The monoisotopic (exact) mass is 470 g/mol. The Bertz CT molecular complexity index is 1210. The Labute approximate surface area is 182 Å². The van der Waals surface area contributed by atoms with E-state index < -0.39 is 52.9 Å². The van der Waals surface area contributed by atoms with Crippen LogP contribution in [0.4, 0.5) is 32.0 Å². The minimum atomic E-state index is -4.70. The van der Waals surface area contributed by atoms with Crippen molar-refractivity contribution in [1.82, 2.24) is 9.78 Å². The second-order valence-electron chi connectivity index (χ2n) is 8.82. The predicted octanol–water partition coefficient (Wildman–Crippen LogP) is 3.46. The van der Waals surface area contributed by atoms with Crippen LogP contribution in [0.5, 0.6) is 0 Å². The van der Waals surface area contributed by atoms with Gasteiger partial charge in [-0.15, -0.1) is 0 Å². The van der Waals surface area contributed by atoms with Crippen LogP contribution in [0.25, 0.3) is 0 Å². The Morgan fingerprint density at radius 1 is 1.21 bits per heavy atom. The zero-order valence-electron chi connectivity index (χ0n) is 16.9. The predicted molar refractivity (Wildman–Crippen MR) is 99.3 cm³/mol. The molecule has 1 amide bonds. The number of aryl methyl sites for hydroxylation is 1. The van der Waals surface area contributed by atoms with Crippen LogP contribution in [-0.4, -0.2) is 26.9 Å². The highest BCUT2D eigenvalue weighted by atomic mass is 19.4. The molecule has 0 spiro atoms. The van der Waals surface area contributed by atoms with Crippen LogP contribution in [0, 0.1) is 35.0 Å². The second-order valence-corrected chi connectivity index (χ2v) is 8.82. The quantitative estimate of drug-likeness (QED) is 0.673. The van der Waals surface area contributed by atoms with E-state index in [1.165, 1.54) is 7.05 Å². The van der Waals surface area contributed by atoms with E-state index in [2.05, 4.69) is 10.4 Å². The second kappa shape index (κ2) is 6.50. The summed E-state index contributed by atoms with van der Waals surface area (Å²) >= 11 is 0. The summed E-state index contributed by atoms with van der Waals surface area (Å²) in [6, 6.07) is 4.92. The molecule has 0 aliphatic heterocycles. The van der Waals surface area contributed by atoms with Crippen molar-refractivity contribution in [3.05, 3.63) is 46.8 Å². The molecule has 0 bridgehead atoms. The van der Waals surface area contributed by atoms with Crippen molar-refractivity contribution in [2.45, 2.75) is 30.3 Å². The summed E-state index contributed by atoms with van der Waals surface area (Å²) in [6.07, 6.45) is -9.92. The van der Waals surface area contributed by atoms with Crippen LogP contribution in [0.2, 0.25) is 0 Å². The molecule has 1 aromatic carbocycles. The Kier molecular flexibility index (Phi) is 4.28. The summed E-state index contributed by atoms with van der Waals surface area (Å²) in [6.45, 7) is 0. The lowest BCUT2D eigenvalue weighted by atomic mass is 9.59. The van der Waals surface area contributed by atoms with Gasteiger partial charge in [-0.2, -0.15) is 36.7 Å². The maximum Gasteiger partial charge on any atom is 0.435 e. The minimum absolute atomic E-state index is 0.157. The summed E-state index contributed by atoms with van der Waals surface area (Å²) in [5, 5.41) is 25.5. The standard InChI is InChI=1S/C21H16F6N4O2/c1-31-14(6-13(30-31)21(25,26)27)19-15-10(5-12(32)17(15)19)16(19)18(33)29-11-4-9(20(22,23)24)3-2-8(11)7-28/h2-4,6,10,12,15-17,32H,5H2,1H3,(H,29,33)/t10-,12-,15?,16+,17+,19+/m1/s1. The number of benzene rings is 1. The number of hydrogen-bond acceptors (Lipinski definition) is 4. The van der Waals surface area contributed by atoms with Crippen molar-refractivity contribution >= 4 is 11.6 Å². The molecular formula is C21H16F6N4O2. The first-order valence-electron chi connectivity index (χ1n) is 10.0. The van der Waals surface area contributed by atoms with Gasteiger partial charge in [0.05, 0.1) is 28.8 Å². The zero-order chi connectivity index (χ0) is 24.1. The van der Waals surface area contributed by atoms with Gasteiger partial charge < -0.3 is 10.4 Å². The molecule has 1 unspecified atom stereocenters. The van der Waals surface area contributed by atoms with Crippen molar-refractivity contribution in [2.24, 2.45) is 30.7 Å². The molecule has 33 heavy (non-hydrogen) atoms. The van der Waals surface area contributed by atoms with Gasteiger partial charge in [-0.05, 0) is 42.5 Å². The molecule has 2 N–H and O–H groups in total. The zero-order valence-corrected chi connectivity index (χ0v) is 16.9. The van der Waals surface area contributed by atoms with Crippen molar-refractivity contribution in [3.63, 3.8) is 0 Å². The molecule has 3 saturated carbocycles. The molecule has 2 aromatic rings. The van der Waals surface area contributed by atoms with E-state index in [0.717, 1.165) is 22.9 Å². The molecule has 3 fully saturated rings. The van der Waals surface area contributed by atoms with Gasteiger partial charge in [0.25, 0.3) is 0 Å². The fourth-order valence-corrected chi connectivity index (χ4v) is 6.26. The van der Waals surface area contributed by atoms with Crippen molar-refractivity contribution < 1.29 is 36.2 Å². The number of nitrogens with zero attached hydrogens (tertiary/aromatic N) is 3. The topological polar surface area (TPSA) is 90.9 Å². The Balaban J connectivity index is 1.50. The minimum Gasteiger partial charge on any atom is -0.393 e. The van der Waals surface area contributed by atoms with Crippen LogP contribution in [0.15, 0.2) is 24.3 Å². The molecular weight excluding hydrogens is 454 g/mol. The van der Waals surface area contributed by atoms with Gasteiger partial charge in [0, 0.05) is 24.1 Å². The first-order chi connectivity index (χ1) is 15.3. The maximum atomic E-state index is 13.2. The number of alkyl halides is 6. The number of anilines is 1. The largest absolute Gasteiger partial charge is 0.435 e. The summed E-state index contributed by atoms with van der Waals surface area (Å²) in [5.74, 6) is -2.54. The van der Waals surface area contributed by atoms with Gasteiger partial charge >= 0.3 is 12.4 Å². The summed E-state index contributed by atoms with van der Waals surface area (Å²) in [4.78, 5) is 13.2. The third kappa shape index (κ3) is 2.84. The molecule has 1 aromatic heterocycles. The van der Waals surface area contributed by atoms with E-state index in [1.54, 1.807) is 6.07 Å². The molecule has 0 radical (unpaired) electrons. The average molecular weight is 470 g/mol. The lowest BCUT2D eigenvalue weighted by Crippen LogP contribution is -2.52. The SMILES string of the molecule is Cn1nc(C(F)(F)F)cc1[C@@]12C3[C@@H](C[C@@H](O)[C@@H]31)[C@H]2C(=O)Nc1cc(C(F)(F)F)ccc1C#N. The summed E-state index contributed by atoms with van der Waals surface area (Å²) in [7, 11) is 1.32. The van der Waals surface area contributed by atoms with E-state index >= 15 is 0 Å². The van der Waals surface area contributed by atoms with Crippen molar-refractivity contribution in [1.29, 1.82) is 5.26 Å². The number of aliphatic hydroxyl groups is 1. The maximum absolute atomic E-state index is 13.2. The van der Waals surface area contributed by atoms with Crippen LogP contribution >= 0.6 is 0 Å². The molecule has 6 atom stereocenters. The molecule has 1 heterocycles. The van der Waals surface area contributed by atoms with E-state index in [-0.39, 0.29) is 35.2 Å². The first-order valence-corrected chi connectivity index (χ1v) is 10.0. The van der Waals surface area contributed by atoms with E-state index in [0.29, 0.717) is 6.07 Å². The number of aliphatic hydroxyl groups excluding tert-OH is 1. The molecule has 174 valence electrons. The number of halogens is 6. The van der Waals surface area contributed by atoms with E-state index in [1.807, 2.05) is 0 Å². The molecule has 12 heteroatoms. The number of aromatic nitrogens is 2. The molecule has 5 rings (SSSR count). The van der Waals surface area contributed by atoms with Gasteiger partial charge in [-0.25, -0.2) is 0 Å². The molecule has 0 saturated heterocycles. The number of nitrogens with one attached hydrogen (secondary N) is 1. The number of carbonyl (C=O) groups excluding carboxylic acids is 1. The highest BCUT2D eigenvalue weighted by Gasteiger charge is 2.88. The van der Waals surface area contributed by atoms with Crippen LogP contribution in [0.1, 0.15) is 28.9 Å². The first kappa shape index (κ1) is 21.8. The lowest BCUT2D eigenvalue weighted by Gasteiger charge is -2.45. The van der Waals surface area contributed by atoms with Gasteiger partial charge in [0.15, 0.2) is 5.69 Å². The highest BCUT2D eigenvalue weighted by molar-refractivity contribution is 5.97. The summed E-state index contributed by atoms with van der Waals surface area (Å²) < 4.78 is 80.0. The van der Waals surface area contributed by atoms with Crippen molar-refractivity contribution in [2.75, 3.05) is 5.32 Å². The van der Waals surface area contributed by atoms with Crippen LogP contribution in [0.3, 0.4) is 0 Å². The normalized spacial score (nSPS) is 32.0. The number of fused-ring (bicyclic) bond motifs is 1.